The third-order valence-corrected chi connectivity index (χ3v) is 4.72. The lowest BCUT2D eigenvalue weighted by molar-refractivity contribution is 0.0293. The summed E-state index contributed by atoms with van der Waals surface area (Å²) in [5, 5.41) is 0. The van der Waals surface area contributed by atoms with Gasteiger partial charge in [0.15, 0.2) is 0 Å². The number of ether oxygens (including phenoxy) is 1. The highest BCUT2D eigenvalue weighted by molar-refractivity contribution is 7.89. The summed E-state index contributed by atoms with van der Waals surface area (Å²) < 4.78 is 30.8. The van der Waals surface area contributed by atoms with Crippen LogP contribution < -0.4 is 0 Å². The molecular weight excluding hydrogens is 242 g/mol. The Hall–Kier alpha value is -0.920. The van der Waals surface area contributed by atoms with Gasteiger partial charge in [-0.1, -0.05) is 0 Å². The summed E-state index contributed by atoms with van der Waals surface area (Å²) in [6, 6.07) is -0.331. The maximum Gasteiger partial charge on any atom is 0.214 e. The average Bonchev–Trinajstić information content (AvgIpc) is 2.76. The van der Waals surface area contributed by atoms with E-state index in [1.807, 2.05) is 6.92 Å². The highest BCUT2D eigenvalue weighted by atomic mass is 32.2. The van der Waals surface area contributed by atoms with Crippen molar-refractivity contribution in [2.45, 2.75) is 19.9 Å². The highest BCUT2D eigenvalue weighted by Crippen LogP contribution is 2.24. The van der Waals surface area contributed by atoms with E-state index in [0.29, 0.717) is 25.6 Å². The highest BCUT2D eigenvalue weighted by Gasteiger charge is 2.34. The van der Waals surface area contributed by atoms with E-state index in [9.17, 15) is 8.42 Å². The molecule has 1 N–H and O–H groups in total. The maximum atomic E-state index is 12.0. The molecule has 0 spiro atoms. The van der Waals surface area contributed by atoms with Gasteiger partial charge in [-0.3, -0.25) is 0 Å². The second kappa shape index (κ2) is 4.75. The van der Waals surface area contributed by atoms with Gasteiger partial charge in [0.2, 0.25) is 10.0 Å². The largest absolute Gasteiger partial charge is 0.378 e. The first kappa shape index (κ1) is 12.5. The molecule has 0 radical (unpaired) electrons. The molecule has 1 aliphatic heterocycles. The van der Waals surface area contributed by atoms with Crippen LogP contribution in [-0.2, 0) is 14.8 Å². The summed E-state index contributed by atoms with van der Waals surface area (Å²) >= 11 is 0. The molecule has 1 aromatic rings. The molecule has 7 heteroatoms. The van der Waals surface area contributed by atoms with Crippen molar-refractivity contribution in [2.75, 3.05) is 25.5 Å². The van der Waals surface area contributed by atoms with Gasteiger partial charge in [0.05, 0.1) is 19.0 Å². The van der Waals surface area contributed by atoms with Gasteiger partial charge in [-0.05, 0) is 13.8 Å². The molecule has 1 aromatic heterocycles. The van der Waals surface area contributed by atoms with Gasteiger partial charge in [-0.25, -0.2) is 13.4 Å². The van der Waals surface area contributed by atoms with Crippen LogP contribution in [0.15, 0.2) is 6.20 Å². The lowest BCUT2D eigenvalue weighted by atomic mass is 10.2. The quantitative estimate of drug-likeness (QED) is 0.854. The van der Waals surface area contributed by atoms with E-state index >= 15 is 0 Å². The summed E-state index contributed by atoms with van der Waals surface area (Å²) in [5.41, 5.74) is 0.916. The van der Waals surface area contributed by atoms with E-state index in [4.69, 9.17) is 4.74 Å². The molecule has 17 heavy (non-hydrogen) atoms. The van der Waals surface area contributed by atoms with Crippen LogP contribution >= 0.6 is 0 Å². The van der Waals surface area contributed by atoms with Crippen molar-refractivity contribution < 1.29 is 13.2 Å². The molecular formula is C10H17N3O3S. The predicted molar refractivity (Wildman–Crippen MR) is 63.1 cm³/mol. The van der Waals surface area contributed by atoms with Crippen molar-refractivity contribution in [3.05, 3.63) is 17.7 Å². The van der Waals surface area contributed by atoms with Gasteiger partial charge in [-0.15, -0.1) is 0 Å². The Morgan fingerprint density at radius 3 is 3.00 bits per heavy atom. The number of aryl methyl sites for hydroxylation is 1. The molecule has 0 amide bonds. The Morgan fingerprint density at radius 2 is 2.41 bits per heavy atom. The van der Waals surface area contributed by atoms with E-state index in [1.54, 1.807) is 13.1 Å². The van der Waals surface area contributed by atoms with Crippen LogP contribution in [0.2, 0.25) is 0 Å². The molecule has 2 rings (SSSR count). The molecule has 6 nitrogen and oxygen atoms in total. The van der Waals surface area contributed by atoms with Gasteiger partial charge in [0, 0.05) is 18.4 Å². The van der Waals surface area contributed by atoms with Crippen LogP contribution in [0.25, 0.3) is 0 Å². The second-order valence-electron chi connectivity index (χ2n) is 4.05. The second-order valence-corrected chi connectivity index (χ2v) is 6.26. The predicted octanol–water partition coefficient (Wildman–Crippen LogP) is 0.441. The van der Waals surface area contributed by atoms with E-state index in [0.717, 1.165) is 5.69 Å². The molecule has 1 fully saturated rings. The van der Waals surface area contributed by atoms with Gasteiger partial charge in [0.25, 0.3) is 0 Å². The summed E-state index contributed by atoms with van der Waals surface area (Å²) in [7, 11) is -3.22. The molecule has 1 unspecified atom stereocenters. The Balaban J connectivity index is 2.30. The van der Waals surface area contributed by atoms with Crippen molar-refractivity contribution in [1.82, 2.24) is 14.3 Å². The lowest BCUT2D eigenvalue weighted by Gasteiger charge is -2.33. The number of rotatable bonds is 3. The van der Waals surface area contributed by atoms with Crippen molar-refractivity contribution in [3.8, 4) is 0 Å². The van der Waals surface area contributed by atoms with E-state index in [1.165, 1.54) is 4.31 Å². The minimum Gasteiger partial charge on any atom is -0.378 e. The van der Waals surface area contributed by atoms with Gasteiger partial charge in [0.1, 0.15) is 11.9 Å². The van der Waals surface area contributed by atoms with Crippen molar-refractivity contribution in [3.63, 3.8) is 0 Å². The fourth-order valence-electron chi connectivity index (χ4n) is 1.90. The summed E-state index contributed by atoms with van der Waals surface area (Å²) in [6.07, 6.45) is 1.70. The molecule has 1 atom stereocenters. The first-order valence-corrected chi connectivity index (χ1v) is 7.24. The Morgan fingerprint density at radius 1 is 1.65 bits per heavy atom. The first-order chi connectivity index (χ1) is 8.04. The number of nitrogens with one attached hydrogen (secondary N) is 1. The zero-order chi connectivity index (χ0) is 12.5. The molecule has 0 bridgehead atoms. The van der Waals surface area contributed by atoms with Gasteiger partial charge in [-0.2, -0.15) is 4.31 Å². The van der Waals surface area contributed by atoms with Crippen LogP contribution in [0.3, 0.4) is 0 Å². The lowest BCUT2D eigenvalue weighted by Crippen LogP contribution is -2.44. The topological polar surface area (TPSA) is 75.3 Å². The molecule has 0 aromatic carbocycles. The summed E-state index contributed by atoms with van der Waals surface area (Å²) in [4.78, 5) is 7.27. The van der Waals surface area contributed by atoms with Crippen molar-refractivity contribution >= 4 is 10.0 Å². The minimum absolute atomic E-state index is 0.100. The van der Waals surface area contributed by atoms with Crippen LogP contribution in [0, 0.1) is 6.92 Å². The average molecular weight is 259 g/mol. The Kier molecular flexibility index (Phi) is 3.50. The Bertz CT molecular complexity index is 483. The molecule has 1 aliphatic rings. The fourth-order valence-corrected chi connectivity index (χ4v) is 3.14. The number of aromatic amines is 1. The number of hydrogen-bond donors (Lipinski definition) is 1. The van der Waals surface area contributed by atoms with Crippen LogP contribution in [0.4, 0.5) is 0 Å². The zero-order valence-corrected chi connectivity index (χ0v) is 10.8. The van der Waals surface area contributed by atoms with Gasteiger partial charge >= 0.3 is 0 Å². The molecule has 96 valence electrons. The van der Waals surface area contributed by atoms with Crippen LogP contribution in [0.5, 0.6) is 0 Å². The van der Waals surface area contributed by atoms with E-state index < -0.39 is 10.0 Å². The van der Waals surface area contributed by atoms with E-state index in [-0.39, 0.29) is 11.8 Å². The number of nitrogens with zero attached hydrogens (tertiary/aromatic N) is 2. The van der Waals surface area contributed by atoms with Crippen molar-refractivity contribution in [1.29, 1.82) is 0 Å². The standard InChI is InChI=1S/C10H17N3O3S/c1-3-17(14,15)13-4-5-16-7-9(13)10-11-6-8(2)12-10/h6,9H,3-5,7H2,1-2H3,(H,11,12). The number of morpholine rings is 1. The number of imidazole rings is 1. The summed E-state index contributed by atoms with van der Waals surface area (Å²) in [6.45, 7) is 4.72. The van der Waals surface area contributed by atoms with Gasteiger partial charge < -0.3 is 9.72 Å². The number of sulfonamides is 1. The normalized spacial score (nSPS) is 22.8. The molecule has 0 saturated carbocycles. The van der Waals surface area contributed by atoms with E-state index in [2.05, 4.69) is 9.97 Å². The fraction of sp³-hybridized carbons (Fsp3) is 0.700. The SMILES string of the molecule is CCS(=O)(=O)N1CCOCC1c1ncc(C)[nH]1. The van der Waals surface area contributed by atoms with Crippen LogP contribution in [-0.4, -0.2) is 48.2 Å². The number of hydrogen-bond acceptors (Lipinski definition) is 4. The third-order valence-electron chi connectivity index (χ3n) is 2.84. The monoisotopic (exact) mass is 259 g/mol. The van der Waals surface area contributed by atoms with Crippen LogP contribution in [0.1, 0.15) is 24.5 Å². The molecule has 2 heterocycles. The van der Waals surface area contributed by atoms with Crippen molar-refractivity contribution in [2.24, 2.45) is 0 Å². The summed E-state index contributed by atoms with van der Waals surface area (Å²) in [5.74, 6) is 0.752. The Labute approximate surface area is 101 Å². The first-order valence-electron chi connectivity index (χ1n) is 5.63. The number of aromatic nitrogens is 2. The third kappa shape index (κ3) is 2.51. The molecule has 1 saturated heterocycles. The smallest absolute Gasteiger partial charge is 0.214 e. The number of H-pyrrole nitrogens is 1. The minimum atomic E-state index is -3.22. The molecule has 0 aliphatic carbocycles. The maximum absolute atomic E-state index is 12.0. The zero-order valence-electron chi connectivity index (χ0n) is 10.0.